The molecule has 0 N–H and O–H groups in total. The fourth-order valence-corrected chi connectivity index (χ4v) is 2.38. The van der Waals surface area contributed by atoms with Gasteiger partial charge in [-0.3, -0.25) is 4.79 Å². The third-order valence-corrected chi connectivity index (χ3v) is 3.60. The zero-order valence-electron chi connectivity index (χ0n) is 9.62. The summed E-state index contributed by atoms with van der Waals surface area (Å²) in [4.78, 5) is 10.6. The SMILES string of the molecule is O=Cc1ccccc1OS(=O)(=O)c1ccc(F)cc1. The van der Waals surface area contributed by atoms with Crippen LogP contribution < -0.4 is 4.18 Å². The van der Waals surface area contributed by atoms with Crippen molar-refractivity contribution in [1.82, 2.24) is 0 Å². The van der Waals surface area contributed by atoms with E-state index in [9.17, 15) is 17.6 Å². The molecule has 0 aliphatic heterocycles. The average Bonchev–Trinajstić information content (AvgIpc) is 2.39. The van der Waals surface area contributed by atoms with E-state index in [1.807, 2.05) is 0 Å². The lowest BCUT2D eigenvalue weighted by Crippen LogP contribution is -2.10. The topological polar surface area (TPSA) is 60.4 Å². The fraction of sp³-hybridized carbons (Fsp3) is 0. The Kier molecular flexibility index (Phi) is 3.62. The van der Waals surface area contributed by atoms with Crippen LogP contribution in [0, 0.1) is 5.82 Å². The monoisotopic (exact) mass is 280 g/mol. The summed E-state index contributed by atoms with van der Waals surface area (Å²) < 4.78 is 41.4. The molecule has 19 heavy (non-hydrogen) atoms. The van der Waals surface area contributed by atoms with Gasteiger partial charge in [0, 0.05) is 0 Å². The molecule has 0 fully saturated rings. The van der Waals surface area contributed by atoms with Gasteiger partial charge in [0.2, 0.25) is 0 Å². The van der Waals surface area contributed by atoms with Crippen LogP contribution in [0.4, 0.5) is 4.39 Å². The van der Waals surface area contributed by atoms with Crippen molar-refractivity contribution in [3.8, 4) is 5.75 Å². The van der Waals surface area contributed by atoms with Crippen LogP contribution in [0.1, 0.15) is 10.4 Å². The van der Waals surface area contributed by atoms with Crippen LogP contribution in [0.25, 0.3) is 0 Å². The summed E-state index contributed by atoms with van der Waals surface area (Å²) in [5.74, 6) is -0.617. The Bertz CT molecular complexity index is 693. The van der Waals surface area contributed by atoms with Gasteiger partial charge in [0.15, 0.2) is 12.0 Å². The summed E-state index contributed by atoms with van der Waals surface area (Å²) in [5.41, 5.74) is 0.119. The van der Waals surface area contributed by atoms with Crippen molar-refractivity contribution in [3.05, 3.63) is 59.9 Å². The maximum Gasteiger partial charge on any atom is 0.339 e. The van der Waals surface area contributed by atoms with Crippen molar-refractivity contribution >= 4 is 16.4 Å². The highest BCUT2D eigenvalue weighted by Gasteiger charge is 2.18. The normalized spacial score (nSPS) is 11.0. The summed E-state index contributed by atoms with van der Waals surface area (Å²) in [6.07, 6.45) is 0.496. The minimum absolute atomic E-state index is 0.0678. The molecular formula is C13H9FO4S. The second-order valence-corrected chi connectivity index (χ2v) is 5.19. The molecule has 4 nitrogen and oxygen atoms in total. The molecule has 98 valence electrons. The van der Waals surface area contributed by atoms with Gasteiger partial charge in [-0.15, -0.1) is 0 Å². The summed E-state index contributed by atoms with van der Waals surface area (Å²) in [5, 5.41) is 0. The second-order valence-electron chi connectivity index (χ2n) is 3.65. The number of aldehydes is 1. The van der Waals surface area contributed by atoms with Gasteiger partial charge in [-0.25, -0.2) is 4.39 Å². The van der Waals surface area contributed by atoms with E-state index in [0.29, 0.717) is 6.29 Å². The van der Waals surface area contributed by atoms with E-state index in [2.05, 4.69) is 0 Å². The molecule has 0 aliphatic rings. The molecule has 2 rings (SSSR count). The maximum absolute atomic E-state index is 12.7. The molecule has 6 heteroatoms. The van der Waals surface area contributed by atoms with E-state index >= 15 is 0 Å². The van der Waals surface area contributed by atoms with Crippen LogP contribution in [-0.2, 0) is 10.1 Å². The standard InChI is InChI=1S/C13H9FO4S/c14-11-5-7-12(8-6-11)19(16,17)18-13-4-2-1-3-10(13)9-15/h1-9H. The largest absolute Gasteiger partial charge is 0.378 e. The number of benzene rings is 2. The van der Waals surface area contributed by atoms with E-state index in [0.717, 1.165) is 24.3 Å². The van der Waals surface area contributed by atoms with E-state index in [-0.39, 0.29) is 16.2 Å². The average molecular weight is 280 g/mol. The first-order valence-electron chi connectivity index (χ1n) is 5.27. The number of hydrogen-bond donors (Lipinski definition) is 0. The van der Waals surface area contributed by atoms with Crippen LogP contribution in [0.3, 0.4) is 0 Å². The van der Waals surface area contributed by atoms with Gasteiger partial charge in [0.25, 0.3) is 0 Å². The lowest BCUT2D eigenvalue weighted by molar-refractivity contribution is 0.112. The van der Waals surface area contributed by atoms with Crippen molar-refractivity contribution in [1.29, 1.82) is 0 Å². The van der Waals surface area contributed by atoms with Crippen LogP contribution in [0.5, 0.6) is 5.75 Å². The van der Waals surface area contributed by atoms with E-state index < -0.39 is 15.9 Å². The van der Waals surface area contributed by atoms with Crippen molar-refractivity contribution in [2.75, 3.05) is 0 Å². The predicted octanol–water partition coefficient (Wildman–Crippen LogP) is 2.41. The van der Waals surface area contributed by atoms with Gasteiger partial charge in [-0.1, -0.05) is 12.1 Å². The first kappa shape index (κ1) is 13.2. The van der Waals surface area contributed by atoms with E-state index in [1.54, 1.807) is 12.1 Å². The second kappa shape index (κ2) is 5.19. The quantitative estimate of drug-likeness (QED) is 0.637. The van der Waals surface area contributed by atoms with Crippen molar-refractivity contribution in [3.63, 3.8) is 0 Å². The molecule has 2 aromatic carbocycles. The summed E-state index contributed by atoms with van der Waals surface area (Å²) in [7, 11) is -4.09. The molecule has 0 aromatic heterocycles. The Morgan fingerprint density at radius 3 is 2.26 bits per heavy atom. The predicted molar refractivity (Wildman–Crippen MR) is 66.0 cm³/mol. The zero-order chi connectivity index (χ0) is 13.9. The summed E-state index contributed by atoms with van der Waals surface area (Å²) in [6.45, 7) is 0. The minimum atomic E-state index is -4.09. The molecule has 0 atom stereocenters. The van der Waals surface area contributed by atoms with Gasteiger partial charge in [0.05, 0.1) is 5.56 Å². The molecule has 0 unspecified atom stereocenters. The zero-order valence-corrected chi connectivity index (χ0v) is 10.4. The molecule has 0 saturated carbocycles. The van der Waals surface area contributed by atoms with E-state index in [4.69, 9.17) is 4.18 Å². The molecule has 0 radical (unpaired) electrons. The van der Waals surface area contributed by atoms with Crippen LogP contribution in [0.2, 0.25) is 0 Å². The van der Waals surface area contributed by atoms with Gasteiger partial charge in [0.1, 0.15) is 10.7 Å². The molecule has 0 heterocycles. The minimum Gasteiger partial charge on any atom is -0.378 e. The highest BCUT2D eigenvalue weighted by Crippen LogP contribution is 2.21. The molecule has 0 aliphatic carbocycles. The lowest BCUT2D eigenvalue weighted by atomic mass is 10.2. The molecule has 0 bridgehead atoms. The number of halogens is 1. The summed E-state index contributed by atoms with van der Waals surface area (Å²) in [6, 6.07) is 10.1. The molecule has 0 saturated heterocycles. The highest BCUT2D eigenvalue weighted by atomic mass is 32.2. The van der Waals surface area contributed by atoms with Crippen molar-refractivity contribution in [2.24, 2.45) is 0 Å². The molecular weight excluding hydrogens is 271 g/mol. The molecule has 2 aromatic rings. The Morgan fingerprint density at radius 2 is 1.63 bits per heavy atom. The van der Waals surface area contributed by atoms with Gasteiger partial charge in [-0.2, -0.15) is 8.42 Å². The molecule has 0 spiro atoms. The number of hydrogen-bond acceptors (Lipinski definition) is 4. The Labute approximate surface area is 109 Å². The van der Waals surface area contributed by atoms with Crippen LogP contribution in [-0.4, -0.2) is 14.7 Å². The van der Waals surface area contributed by atoms with Crippen LogP contribution >= 0.6 is 0 Å². The summed E-state index contributed by atoms with van der Waals surface area (Å²) >= 11 is 0. The Morgan fingerprint density at radius 1 is 1.00 bits per heavy atom. The third kappa shape index (κ3) is 2.97. The first-order valence-corrected chi connectivity index (χ1v) is 6.68. The van der Waals surface area contributed by atoms with Gasteiger partial charge < -0.3 is 4.18 Å². The number of carbonyl (C=O) groups is 1. The van der Waals surface area contributed by atoms with Crippen molar-refractivity contribution in [2.45, 2.75) is 4.90 Å². The smallest absolute Gasteiger partial charge is 0.339 e. The maximum atomic E-state index is 12.7. The van der Waals surface area contributed by atoms with Crippen molar-refractivity contribution < 1.29 is 21.8 Å². The molecule has 0 amide bonds. The van der Waals surface area contributed by atoms with Crippen LogP contribution in [0.15, 0.2) is 53.4 Å². The number of carbonyl (C=O) groups excluding carboxylic acids is 1. The van der Waals surface area contributed by atoms with Gasteiger partial charge in [-0.05, 0) is 36.4 Å². The highest BCUT2D eigenvalue weighted by molar-refractivity contribution is 7.87. The Hall–Kier alpha value is -2.21. The number of rotatable bonds is 4. The van der Waals surface area contributed by atoms with E-state index in [1.165, 1.54) is 12.1 Å². The third-order valence-electron chi connectivity index (χ3n) is 2.35. The number of para-hydroxylation sites is 1. The fourth-order valence-electron chi connectivity index (χ4n) is 1.42. The van der Waals surface area contributed by atoms with Gasteiger partial charge >= 0.3 is 10.1 Å². The lowest BCUT2D eigenvalue weighted by Gasteiger charge is -2.08. The Balaban J connectivity index is 2.36. The first-order chi connectivity index (χ1) is 9.03.